The van der Waals surface area contributed by atoms with E-state index in [2.05, 4.69) is 9.97 Å². The first kappa shape index (κ1) is 20.6. The van der Waals surface area contributed by atoms with E-state index in [0.717, 1.165) is 18.4 Å². The molecule has 0 amide bonds. The van der Waals surface area contributed by atoms with E-state index >= 15 is 0 Å². The van der Waals surface area contributed by atoms with Gasteiger partial charge in [0.2, 0.25) is 5.95 Å². The molecule has 2 aromatic rings. The zero-order chi connectivity index (χ0) is 20.5. The molecule has 28 heavy (non-hydrogen) atoms. The van der Waals surface area contributed by atoms with Crippen molar-refractivity contribution in [3.63, 3.8) is 0 Å². The van der Waals surface area contributed by atoms with Gasteiger partial charge in [0, 0.05) is 41.8 Å². The number of anilines is 2. The van der Waals surface area contributed by atoms with Crippen LogP contribution in [-0.2, 0) is 20.3 Å². The second-order valence-corrected chi connectivity index (χ2v) is 9.48. The average Bonchev–Trinajstić information content (AvgIpc) is 2.81. The fourth-order valence-electron chi connectivity index (χ4n) is 3.30. The summed E-state index contributed by atoms with van der Waals surface area (Å²) in [4.78, 5) is 10.5. The van der Waals surface area contributed by atoms with Crippen LogP contribution in [0.4, 0.5) is 11.8 Å². The molecule has 1 fully saturated rings. The molecular weight excluding hydrogens is 404 g/mol. The van der Waals surface area contributed by atoms with Crippen LogP contribution >= 0.6 is 11.6 Å². The molecule has 2 heterocycles. The monoisotopic (exact) mass is 426 g/mol. The highest BCUT2D eigenvalue weighted by Gasteiger charge is 2.28. The molecule has 3 N–H and O–H groups in total. The van der Waals surface area contributed by atoms with Crippen molar-refractivity contribution in [3.05, 3.63) is 40.0 Å². The largest absolute Gasteiger partial charge is 0.508 e. The summed E-state index contributed by atoms with van der Waals surface area (Å²) in [6.07, 6.45) is 1.90. The molecule has 0 saturated carbocycles. The van der Waals surface area contributed by atoms with Gasteiger partial charge in [-0.15, -0.1) is 0 Å². The third-order valence-electron chi connectivity index (χ3n) is 4.47. The maximum absolute atomic E-state index is 11.6. The van der Waals surface area contributed by atoms with Gasteiger partial charge in [-0.2, -0.15) is 4.98 Å². The third-order valence-corrected chi connectivity index (χ3v) is 5.63. The van der Waals surface area contributed by atoms with E-state index in [0.29, 0.717) is 36.2 Å². The zero-order valence-corrected chi connectivity index (χ0v) is 17.3. The number of nitrogens with zero attached hydrogens (tertiary/aromatic N) is 3. The van der Waals surface area contributed by atoms with Crippen molar-refractivity contribution in [2.45, 2.75) is 25.1 Å². The van der Waals surface area contributed by atoms with Crippen LogP contribution in [0, 0.1) is 6.92 Å². The van der Waals surface area contributed by atoms with Crippen LogP contribution in [0.1, 0.15) is 29.3 Å². The maximum Gasteiger partial charge on any atom is 0.222 e. The summed E-state index contributed by atoms with van der Waals surface area (Å²) in [5, 5.41) is 10.8. The van der Waals surface area contributed by atoms with Crippen molar-refractivity contribution in [1.82, 2.24) is 9.97 Å². The molecule has 3 rings (SSSR count). The number of hydrogen-bond donors (Lipinski definition) is 2. The standard InChI is InChI=1S/C18H23ClN4O4S/c1-11-6-17(22-18(20)21-11)23-4-3-5-27-9-15(23)13-8-16(24)12(7-14(13)19)10-28(2,25)26/h6-8,15,24H,3-5,9-10H2,1-2H3,(H2,20,21,22). The fourth-order valence-corrected chi connectivity index (χ4v) is 4.41. The van der Waals surface area contributed by atoms with Crippen molar-refractivity contribution in [1.29, 1.82) is 0 Å². The number of phenolic OH excluding ortho intramolecular Hbond substituents is 1. The number of sulfone groups is 1. The Kier molecular flexibility index (Phi) is 5.97. The zero-order valence-electron chi connectivity index (χ0n) is 15.7. The van der Waals surface area contributed by atoms with E-state index in [4.69, 9.17) is 22.1 Å². The molecule has 0 spiro atoms. The number of hydrogen-bond acceptors (Lipinski definition) is 8. The van der Waals surface area contributed by atoms with E-state index in [1.54, 1.807) is 0 Å². The number of phenols is 1. The van der Waals surface area contributed by atoms with Crippen molar-refractivity contribution in [2.24, 2.45) is 0 Å². The minimum Gasteiger partial charge on any atom is -0.508 e. The Morgan fingerprint density at radius 1 is 1.36 bits per heavy atom. The number of nitrogens with two attached hydrogens (primary N) is 1. The summed E-state index contributed by atoms with van der Waals surface area (Å²) >= 11 is 6.49. The lowest BCUT2D eigenvalue weighted by Gasteiger charge is -2.31. The van der Waals surface area contributed by atoms with Crippen molar-refractivity contribution in [2.75, 3.05) is 36.6 Å². The first-order chi connectivity index (χ1) is 13.1. The van der Waals surface area contributed by atoms with Gasteiger partial charge in [-0.1, -0.05) is 11.6 Å². The number of aromatic hydroxyl groups is 1. The van der Waals surface area contributed by atoms with Gasteiger partial charge in [0.05, 0.1) is 18.4 Å². The minimum absolute atomic E-state index is 0.118. The van der Waals surface area contributed by atoms with Crippen LogP contribution < -0.4 is 10.6 Å². The lowest BCUT2D eigenvalue weighted by molar-refractivity contribution is 0.134. The second-order valence-electron chi connectivity index (χ2n) is 6.94. The van der Waals surface area contributed by atoms with Crippen LogP contribution in [0.3, 0.4) is 0 Å². The van der Waals surface area contributed by atoms with Crippen LogP contribution in [0.2, 0.25) is 5.02 Å². The molecule has 1 saturated heterocycles. The molecule has 1 unspecified atom stereocenters. The van der Waals surface area contributed by atoms with E-state index < -0.39 is 9.84 Å². The number of aromatic nitrogens is 2. The molecule has 152 valence electrons. The van der Waals surface area contributed by atoms with Gasteiger partial charge in [-0.25, -0.2) is 13.4 Å². The second kappa shape index (κ2) is 8.10. The lowest BCUT2D eigenvalue weighted by Crippen LogP contribution is -2.32. The van der Waals surface area contributed by atoms with Crippen molar-refractivity contribution in [3.8, 4) is 5.75 Å². The Bertz CT molecular complexity index is 964. The first-order valence-electron chi connectivity index (χ1n) is 8.78. The lowest BCUT2D eigenvalue weighted by atomic mass is 10.0. The molecule has 8 nitrogen and oxygen atoms in total. The van der Waals surface area contributed by atoms with Crippen LogP contribution in [0.15, 0.2) is 18.2 Å². The Morgan fingerprint density at radius 2 is 2.11 bits per heavy atom. The summed E-state index contributed by atoms with van der Waals surface area (Å²) in [7, 11) is -3.31. The summed E-state index contributed by atoms with van der Waals surface area (Å²) in [6, 6.07) is 4.52. The van der Waals surface area contributed by atoms with E-state index in [1.165, 1.54) is 12.1 Å². The molecule has 0 bridgehead atoms. The number of ether oxygens (including phenoxy) is 1. The highest BCUT2D eigenvalue weighted by Crippen LogP contribution is 2.37. The molecule has 0 aliphatic carbocycles. The van der Waals surface area contributed by atoms with Gasteiger partial charge in [0.25, 0.3) is 0 Å². The van der Waals surface area contributed by atoms with Crippen molar-refractivity contribution < 1.29 is 18.3 Å². The Balaban J connectivity index is 2.04. The van der Waals surface area contributed by atoms with Gasteiger partial charge >= 0.3 is 0 Å². The Labute approximate surface area is 169 Å². The highest BCUT2D eigenvalue weighted by atomic mass is 35.5. The molecule has 10 heteroatoms. The maximum atomic E-state index is 11.6. The normalized spacial score (nSPS) is 18.1. The molecular formula is C18H23ClN4O4S. The van der Waals surface area contributed by atoms with Gasteiger partial charge < -0.3 is 20.5 Å². The predicted molar refractivity (Wildman–Crippen MR) is 108 cm³/mol. The molecule has 1 aliphatic heterocycles. The quantitative estimate of drug-likeness (QED) is 0.763. The van der Waals surface area contributed by atoms with Gasteiger partial charge in [-0.3, -0.25) is 0 Å². The Morgan fingerprint density at radius 3 is 2.79 bits per heavy atom. The van der Waals surface area contributed by atoms with Gasteiger partial charge in [0.15, 0.2) is 9.84 Å². The van der Waals surface area contributed by atoms with Crippen LogP contribution in [0.25, 0.3) is 0 Å². The number of rotatable bonds is 4. The SMILES string of the molecule is Cc1cc(N2CCCOCC2c2cc(O)c(CS(C)(=O)=O)cc2Cl)nc(N)n1. The topological polar surface area (TPSA) is 119 Å². The summed E-state index contributed by atoms with van der Waals surface area (Å²) in [5.41, 5.74) is 7.45. The molecule has 1 aromatic heterocycles. The summed E-state index contributed by atoms with van der Waals surface area (Å²) in [6.45, 7) is 3.42. The average molecular weight is 427 g/mol. The summed E-state index contributed by atoms with van der Waals surface area (Å²) < 4.78 is 28.9. The first-order valence-corrected chi connectivity index (χ1v) is 11.2. The third kappa shape index (κ3) is 4.84. The van der Waals surface area contributed by atoms with Crippen LogP contribution in [-0.4, -0.2) is 49.5 Å². The molecule has 1 aromatic carbocycles. The molecule has 0 radical (unpaired) electrons. The van der Waals surface area contributed by atoms with E-state index in [9.17, 15) is 13.5 Å². The predicted octanol–water partition coefficient (Wildman–Crippen LogP) is 2.24. The smallest absolute Gasteiger partial charge is 0.222 e. The number of nitrogen functional groups attached to an aromatic ring is 1. The molecule has 1 aliphatic rings. The fraction of sp³-hybridized carbons (Fsp3) is 0.444. The van der Waals surface area contributed by atoms with Crippen LogP contribution in [0.5, 0.6) is 5.75 Å². The molecule has 1 atom stereocenters. The van der Waals surface area contributed by atoms with E-state index in [1.807, 2.05) is 17.9 Å². The van der Waals surface area contributed by atoms with Gasteiger partial charge in [-0.05, 0) is 31.0 Å². The van der Waals surface area contributed by atoms with E-state index in [-0.39, 0.29) is 29.1 Å². The minimum atomic E-state index is -3.31. The highest BCUT2D eigenvalue weighted by molar-refractivity contribution is 7.89. The van der Waals surface area contributed by atoms with Crippen molar-refractivity contribution >= 4 is 33.2 Å². The summed E-state index contributed by atoms with van der Waals surface area (Å²) in [5.74, 6) is 0.422. The number of benzene rings is 1. The Hall–Kier alpha value is -2.10. The number of halogens is 1. The van der Waals surface area contributed by atoms with Gasteiger partial charge in [0.1, 0.15) is 11.6 Å². The number of aryl methyl sites for hydroxylation is 1.